The first kappa shape index (κ1) is 22.0. The van der Waals surface area contributed by atoms with Crippen molar-refractivity contribution in [1.29, 1.82) is 0 Å². The van der Waals surface area contributed by atoms with E-state index >= 15 is 0 Å². The number of alkyl carbamates (subject to hydrolysis) is 1. The van der Waals surface area contributed by atoms with Crippen molar-refractivity contribution in [2.45, 2.75) is 46.3 Å². The van der Waals surface area contributed by atoms with Gasteiger partial charge in [0.15, 0.2) is 5.76 Å². The molecule has 0 saturated carbocycles. The molecule has 0 fully saturated rings. The quantitative estimate of drug-likeness (QED) is 0.372. The van der Waals surface area contributed by atoms with Crippen LogP contribution in [0.25, 0.3) is 0 Å². The Morgan fingerprint density at radius 3 is 2.50 bits per heavy atom. The molecule has 1 amide bonds. The molecular formula is C19H28BrN3O3. The minimum absolute atomic E-state index is 0.412. The topological polar surface area (TPSA) is 85.9 Å². The van der Waals surface area contributed by atoms with Gasteiger partial charge in [0.2, 0.25) is 0 Å². The summed E-state index contributed by atoms with van der Waals surface area (Å²) in [6, 6.07) is 9.83. The first-order valence-corrected chi connectivity index (χ1v) is 9.28. The maximum Gasteiger partial charge on any atom is 0.407 e. The molecule has 7 heteroatoms. The molecule has 0 saturated heterocycles. The summed E-state index contributed by atoms with van der Waals surface area (Å²) in [6.45, 7) is 8.65. The number of carbonyl (C=O) groups is 1. The van der Waals surface area contributed by atoms with Crippen molar-refractivity contribution >= 4 is 26.6 Å². The van der Waals surface area contributed by atoms with E-state index in [9.17, 15) is 4.79 Å². The predicted molar refractivity (Wildman–Crippen MR) is 108 cm³/mol. The summed E-state index contributed by atoms with van der Waals surface area (Å²) in [5.74, 6) is 0.522. The minimum atomic E-state index is -0.500. The van der Waals surface area contributed by atoms with Crippen LogP contribution < -0.4 is 11.1 Å². The molecule has 0 radical (unpaired) electrons. The summed E-state index contributed by atoms with van der Waals surface area (Å²) in [5.41, 5.74) is 6.99. The Kier molecular flexibility index (Phi) is 9.19. The number of rotatable bonds is 8. The number of benzene rings is 1. The molecule has 6 nitrogen and oxygen atoms in total. The van der Waals surface area contributed by atoms with Gasteiger partial charge in [-0.3, -0.25) is 4.99 Å². The van der Waals surface area contributed by atoms with E-state index in [-0.39, 0.29) is 0 Å². The Balaban J connectivity index is 2.43. The zero-order valence-corrected chi connectivity index (χ0v) is 17.4. The second-order valence-corrected chi connectivity index (χ2v) is 7.49. The highest BCUT2D eigenvalue weighted by Gasteiger charge is 2.15. The van der Waals surface area contributed by atoms with E-state index < -0.39 is 11.7 Å². The molecule has 144 valence electrons. The summed E-state index contributed by atoms with van der Waals surface area (Å²) in [4.78, 5) is 16.0. The molecule has 0 bridgehead atoms. The third-order valence-electron chi connectivity index (χ3n) is 3.03. The summed E-state index contributed by atoms with van der Waals surface area (Å²) in [5, 5.41) is 2.70. The number of ether oxygens (including phenoxy) is 2. The highest BCUT2D eigenvalue weighted by Crippen LogP contribution is 2.14. The molecule has 0 spiro atoms. The van der Waals surface area contributed by atoms with Crippen LogP contribution in [0.5, 0.6) is 0 Å². The number of amides is 1. The standard InChI is InChI=1S/C19H28BrN3O3/c1-14(21)16(25-13-15-9-6-5-7-10-15)17(20)22-11-8-12-23-18(24)26-19(2,3)4/h5-7,9-10H,8,11-13,21H2,1-4H3,(H,23,24). The van der Waals surface area contributed by atoms with Crippen LogP contribution in [0.1, 0.15) is 39.7 Å². The van der Waals surface area contributed by atoms with Gasteiger partial charge in [0.05, 0.1) is 5.70 Å². The van der Waals surface area contributed by atoms with Crippen molar-refractivity contribution in [1.82, 2.24) is 5.32 Å². The molecule has 0 aromatic heterocycles. The van der Waals surface area contributed by atoms with Crippen molar-refractivity contribution in [2.24, 2.45) is 10.7 Å². The smallest absolute Gasteiger partial charge is 0.407 e. The molecule has 3 N–H and O–H groups in total. The minimum Gasteiger partial charge on any atom is -0.484 e. The van der Waals surface area contributed by atoms with Crippen molar-refractivity contribution in [3.8, 4) is 0 Å². The number of carbonyl (C=O) groups excluding carboxylic acids is 1. The zero-order valence-electron chi connectivity index (χ0n) is 15.8. The van der Waals surface area contributed by atoms with Gasteiger partial charge in [-0.2, -0.15) is 0 Å². The molecule has 0 atom stereocenters. The number of nitrogens with two attached hydrogens (primary N) is 1. The van der Waals surface area contributed by atoms with E-state index in [1.165, 1.54) is 0 Å². The van der Waals surface area contributed by atoms with Crippen LogP contribution in [0, 0.1) is 0 Å². The van der Waals surface area contributed by atoms with Gasteiger partial charge in [0, 0.05) is 13.1 Å². The fourth-order valence-corrected chi connectivity index (χ4v) is 2.50. The van der Waals surface area contributed by atoms with Gasteiger partial charge in [0.1, 0.15) is 16.8 Å². The largest absolute Gasteiger partial charge is 0.484 e. The summed E-state index contributed by atoms with van der Waals surface area (Å²) in [6.07, 6.45) is 0.245. The van der Waals surface area contributed by atoms with E-state index in [0.29, 0.717) is 42.2 Å². The van der Waals surface area contributed by atoms with Gasteiger partial charge >= 0.3 is 6.09 Å². The molecule has 26 heavy (non-hydrogen) atoms. The molecule has 1 aromatic rings. The average molecular weight is 426 g/mol. The number of aliphatic imine (C=N–C) groups is 1. The van der Waals surface area contributed by atoms with E-state index in [0.717, 1.165) is 5.56 Å². The van der Waals surface area contributed by atoms with Gasteiger partial charge in [-0.25, -0.2) is 4.79 Å². The molecule has 1 rings (SSSR count). The SMILES string of the molecule is CC(N)=C(OCc1ccccc1)C(Br)=NCCCNC(=O)OC(C)(C)C. The normalized spacial score (nSPS) is 13.0. The summed E-state index contributed by atoms with van der Waals surface area (Å²) in [7, 11) is 0. The number of hydrogen-bond donors (Lipinski definition) is 2. The Labute approximate surface area is 164 Å². The maximum absolute atomic E-state index is 11.6. The highest BCUT2D eigenvalue weighted by molar-refractivity contribution is 9.18. The third-order valence-corrected chi connectivity index (χ3v) is 3.64. The second kappa shape index (κ2) is 10.9. The van der Waals surface area contributed by atoms with Crippen molar-refractivity contribution in [3.63, 3.8) is 0 Å². The molecule has 0 aliphatic rings. The highest BCUT2D eigenvalue weighted by atomic mass is 79.9. The molecule has 0 aliphatic heterocycles. The maximum atomic E-state index is 11.6. The van der Waals surface area contributed by atoms with Crippen molar-refractivity contribution in [2.75, 3.05) is 13.1 Å². The van der Waals surface area contributed by atoms with Gasteiger partial charge in [-0.1, -0.05) is 30.3 Å². The lowest BCUT2D eigenvalue weighted by Crippen LogP contribution is -2.33. The second-order valence-electron chi connectivity index (χ2n) is 6.74. The van der Waals surface area contributed by atoms with E-state index in [1.54, 1.807) is 6.92 Å². The molecule has 0 unspecified atom stereocenters. The Morgan fingerprint density at radius 1 is 1.27 bits per heavy atom. The lowest BCUT2D eigenvalue weighted by Gasteiger charge is -2.19. The van der Waals surface area contributed by atoms with Gasteiger partial charge in [-0.15, -0.1) is 0 Å². The molecule has 0 heterocycles. The van der Waals surface area contributed by atoms with Crippen LogP contribution in [-0.2, 0) is 16.1 Å². The monoisotopic (exact) mass is 425 g/mol. The number of nitrogens with one attached hydrogen (secondary N) is 1. The van der Waals surface area contributed by atoms with Crippen LogP contribution >= 0.6 is 15.9 Å². The number of nitrogens with zero attached hydrogens (tertiary/aromatic N) is 1. The average Bonchev–Trinajstić information content (AvgIpc) is 2.53. The lowest BCUT2D eigenvalue weighted by molar-refractivity contribution is 0.0527. The first-order chi connectivity index (χ1) is 12.2. The van der Waals surface area contributed by atoms with Crippen LogP contribution in [0.15, 0.2) is 46.8 Å². The fraction of sp³-hybridized carbons (Fsp3) is 0.474. The third kappa shape index (κ3) is 9.46. The molecule has 1 aromatic carbocycles. The number of hydrogen-bond acceptors (Lipinski definition) is 5. The molecular weight excluding hydrogens is 398 g/mol. The number of halogens is 1. The van der Waals surface area contributed by atoms with Crippen molar-refractivity contribution in [3.05, 3.63) is 47.4 Å². The fourth-order valence-electron chi connectivity index (χ4n) is 1.90. The first-order valence-electron chi connectivity index (χ1n) is 8.49. The molecule has 0 aliphatic carbocycles. The Bertz CT molecular complexity index is 633. The van der Waals surface area contributed by atoms with Crippen molar-refractivity contribution < 1.29 is 14.3 Å². The van der Waals surface area contributed by atoms with Crippen LogP contribution in [0.3, 0.4) is 0 Å². The number of allylic oxidation sites excluding steroid dienone is 2. The van der Waals surface area contributed by atoms with Crippen LogP contribution in [0.2, 0.25) is 0 Å². The van der Waals surface area contributed by atoms with Crippen LogP contribution in [-0.4, -0.2) is 29.4 Å². The summed E-state index contributed by atoms with van der Waals surface area (Å²) >= 11 is 3.41. The summed E-state index contributed by atoms with van der Waals surface area (Å²) < 4.78 is 11.5. The van der Waals surface area contributed by atoms with E-state index in [1.807, 2.05) is 51.1 Å². The van der Waals surface area contributed by atoms with Gasteiger partial charge < -0.3 is 20.5 Å². The Hall–Kier alpha value is -2.02. The van der Waals surface area contributed by atoms with Gasteiger partial charge in [0.25, 0.3) is 0 Å². The zero-order chi connectivity index (χ0) is 19.6. The lowest BCUT2D eigenvalue weighted by atomic mass is 10.2. The predicted octanol–water partition coefficient (Wildman–Crippen LogP) is 4.10. The van der Waals surface area contributed by atoms with Crippen LogP contribution in [0.4, 0.5) is 4.79 Å². The van der Waals surface area contributed by atoms with E-state index in [4.69, 9.17) is 15.2 Å². The van der Waals surface area contributed by atoms with E-state index in [2.05, 4.69) is 26.2 Å². The van der Waals surface area contributed by atoms with Gasteiger partial charge in [-0.05, 0) is 55.6 Å². The Morgan fingerprint density at radius 2 is 1.92 bits per heavy atom.